The van der Waals surface area contributed by atoms with Crippen molar-refractivity contribution in [3.63, 3.8) is 0 Å². The van der Waals surface area contributed by atoms with E-state index in [1.807, 2.05) is 60.7 Å². The molecule has 0 saturated carbocycles. The van der Waals surface area contributed by atoms with Crippen molar-refractivity contribution in [3.8, 4) is 67.7 Å². The summed E-state index contributed by atoms with van der Waals surface area (Å²) in [4.78, 5) is 20.5. The van der Waals surface area contributed by atoms with Crippen LogP contribution in [0.3, 0.4) is 0 Å². The molecule has 1 spiro atoms. The van der Waals surface area contributed by atoms with Crippen LogP contribution in [0.5, 0.6) is 0 Å². The second-order valence-electron chi connectivity index (χ2n) is 13.7. The summed E-state index contributed by atoms with van der Waals surface area (Å²) >= 11 is 0. The maximum Gasteiger partial charge on any atom is 0.164 e. The zero-order valence-electron chi connectivity index (χ0n) is 28.6. The maximum atomic E-state index is 5.49. The summed E-state index contributed by atoms with van der Waals surface area (Å²) in [5.74, 6) is 1.89. The number of rotatable bonds is 4. The minimum Gasteiger partial charge on any atom is -0.247 e. The molecule has 9 aromatic rings. The van der Waals surface area contributed by atoms with Gasteiger partial charge in [0.05, 0.1) is 16.6 Å². The molecule has 0 fully saturated rings. The van der Waals surface area contributed by atoms with Gasteiger partial charge in [-0.15, -0.1) is 0 Å². The second-order valence-corrected chi connectivity index (χ2v) is 13.7. The van der Waals surface area contributed by atoms with Gasteiger partial charge in [-0.25, -0.2) is 19.9 Å². The van der Waals surface area contributed by atoms with E-state index < -0.39 is 5.41 Å². The van der Waals surface area contributed by atoms with Gasteiger partial charge in [0, 0.05) is 33.2 Å². The molecule has 246 valence electrons. The van der Waals surface area contributed by atoms with Crippen molar-refractivity contribution in [1.82, 2.24) is 19.9 Å². The number of para-hydroxylation sites is 1. The van der Waals surface area contributed by atoms with E-state index in [0.717, 1.165) is 33.5 Å². The van der Waals surface area contributed by atoms with Crippen LogP contribution in [0.2, 0.25) is 0 Å². The van der Waals surface area contributed by atoms with E-state index in [1.54, 1.807) is 0 Å². The minimum absolute atomic E-state index is 0.489. The number of aromatic nitrogens is 4. The van der Waals surface area contributed by atoms with Crippen LogP contribution in [0.4, 0.5) is 0 Å². The normalized spacial score (nSPS) is 13.1. The fourth-order valence-electron chi connectivity index (χ4n) is 8.77. The van der Waals surface area contributed by atoms with Crippen LogP contribution in [-0.4, -0.2) is 19.9 Å². The van der Waals surface area contributed by atoms with Crippen LogP contribution in [-0.2, 0) is 5.41 Å². The Labute approximate surface area is 307 Å². The van der Waals surface area contributed by atoms with Gasteiger partial charge in [0.25, 0.3) is 0 Å². The lowest BCUT2D eigenvalue weighted by Gasteiger charge is -2.31. The van der Waals surface area contributed by atoms with Crippen molar-refractivity contribution in [2.75, 3.05) is 0 Å². The molecule has 2 aliphatic carbocycles. The summed E-state index contributed by atoms with van der Waals surface area (Å²) in [6.45, 7) is 0. The summed E-state index contributed by atoms with van der Waals surface area (Å²) in [5, 5.41) is 1.17. The zero-order chi connectivity index (χ0) is 34.9. The van der Waals surface area contributed by atoms with Gasteiger partial charge in [0.15, 0.2) is 17.5 Å². The Morgan fingerprint density at radius 2 is 0.792 bits per heavy atom. The average Bonchev–Trinajstić information content (AvgIpc) is 3.72. The Morgan fingerprint density at radius 3 is 1.42 bits per heavy atom. The third kappa shape index (κ3) is 4.30. The van der Waals surface area contributed by atoms with Crippen molar-refractivity contribution in [1.29, 1.82) is 0 Å². The quantitative estimate of drug-likeness (QED) is 0.186. The molecule has 4 nitrogen and oxygen atoms in total. The Balaban J connectivity index is 1.19. The van der Waals surface area contributed by atoms with Gasteiger partial charge in [-0.3, -0.25) is 0 Å². The van der Waals surface area contributed by atoms with Crippen LogP contribution in [0.1, 0.15) is 22.3 Å². The third-order valence-corrected chi connectivity index (χ3v) is 10.9. The molecule has 4 heteroatoms. The topological polar surface area (TPSA) is 51.6 Å². The van der Waals surface area contributed by atoms with Crippen LogP contribution < -0.4 is 0 Å². The molecule has 53 heavy (non-hydrogen) atoms. The first-order valence-corrected chi connectivity index (χ1v) is 18.0. The highest BCUT2D eigenvalue weighted by atomic mass is 15.0. The van der Waals surface area contributed by atoms with Crippen molar-refractivity contribution < 1.29 is 0 Å². The first-order chi connectivity index (χ1) is 26.3. The minimum atomic E-state index is -0.489. The number of fused-ring (bicyclic) bond motifs is 12. The number of benzene rings is 7. The first kappa shape index (κ1) is 29.7. The van der Waals surface area contributed by atoms with E-state index in [2.05, 4.69) is 121 Å². The van der Waals surface area contributed by atoms with Crippen molar-refractivity contribution >= 4 is 10.9 Å². The van der Waals surface area contributed by atoms with Gasteiger partial charge < -0.3 is 0 Å². The van der Waals surface area contributed by atoms with Gasteiger partial charge in [-0.05, 0) is 51.1 Å². The van der Waals surface area contributed by atoms with E-state index in [4.69, 9.17) is 19.9 Å². The molecule has 0 radical (unpaired) electrons. The Bertz CT molecular complexity index is 2790. The van der Waals surface area contributed by atoms with Gasteiger partial charge in [-0.1, -0.05) is 170 Å². The number of nitrogens with zero attached hydrogens (tertiary/aromatic N) is 4. The fraction of sp³-hybridized carbons (Fsp3) is 0.0204. The van der Waals surface area contributed by atoms with Crippen molar-refractivity contribution in [3.05, 3.63) is 204 Å². The molecular weight excluding hydrogens is 645 g/mol. The molecule has 2 aromatic heterocycles. The molecular formula is C49H30N4. The van der Waals surface area contributed by atoms with E-state index in [1.165, 1.54) is 49.9 Å². The van der Waals surface area contributed by atoms with Crippen LogP contribution >= 0.6 is 0 Å². The van der Waals surface area contributed by atoms with Crippen LogP contribution in [0.25, 0.3) is 78.6 Å². The highest BCUT2D eigenvalue weighted by molar-refractivity contribution is 6.06. The largest absolute Gasteiger partial charge is 0.247 e. The van der Waals surface area contributed by atoms with Crippen LogP contribution in [0, 0.1) is 0 Å². The van der Waals surface area contributed by atoms with E-state index in [-0.39, 0.29) is 0 Å². The predicted molar refractivity (Wildman–Crippen MR) is 213 cm³/mol. The highest BCUT2D eigenvalue weighted by Crippen LogP contribution is 2.65. The van der Waals surface area contributed by atoms with E-state index in [0.29, 0.717) is 17.5 Å². The number of hydrogen-bond donors (Lipinski definition) is 0. The predicted octanol–water partition coefficient (Wildman–Crippen LogP) is 11.4. The van der Waals surface area contributed by atoms with Gasteiger partial charge in [0.2, 0.25) is 0 Å². The monoisotopic (exact) mass is 674 g/mol. The molecule has 0 N–H and O–H groups in total. The fourth-order valence-corrected chi connectivity index (χ4v) is 8.77. The van der Waals surface area contributed by atoms with Crippen molar-refractivity contribution in [2.24, 2.45) is 0 Å². The van der Waals surface area contributed by atoms with E-state index >= 15 is 0 Å². The standard InChI is InChI=1S/C49H30N4/c1-3-16-31(17-4-1)46-51-47(32-18-5-2-6-19-32)53-48(52-46)34-21-15-20-33(30-34)45-43-37-24-9-13-28-41(37)49(44(43)38-25-10-14-29-42(38)50-45)39-26-11-7-22-35(39)36-23-8-12-27-40(36)49/h1-30H. The van der Waals surface area contributed by atoms with E-state index in [9.17, 15) is 0 Å². The molecule has 2 heterocycles. The van der Waals surface area contributed by atoms with Crippen molar-refractivity contribution in [2.45, 2.75) is 5.41 Å². The number of pyridine rings is 1. The Morgan fingerprint density at radius 1 is 0.340 bits per heavy atom. The Hall–Kier alpha value is -7.04. The molecule has 0 bridgehead atoms. The summed E-state index contributed by atoms with van der Waals surface area (Å²) in [6, 6.07) is 64.2. The third-order valence-electron chi connectivity index (χ3n) is 10.9. The highest BCUT2D eigenvalue weighted by Gasteiger charge is 2.53. The second kappa shape index (κ2) is 11.5. The first-order valence-electron chi connectivity index (χ1n) is 18.0. The summed E-state index contributed by atoms with van der Waals surface area (Å²) in [6.07, 6.45) is 0. The molecule has 0 amide bonds. The summed E-state index contributed by atoms with van der Waals surface area (Å²) < 4.78 is 0. The van der Waals surface area contributed by atoms with Gasteiger partial charge in [-0.2, -0.15) is 0 Å². The zero-order valence-corrected chi connectivity index (χ0v) is 28.6. The Kier molecular flexibility index (Phi) is 6.43. The number of hydrogen-bond acceptors (Lipinski definition) is 4. The lowest BCUT2D eigenvalue weighted by Crippen LogP contribution is -2.26. The molecule has 0 aliphatic heterocycles. The smallest absolute Gasteiger partial charge is 0.164 e. The maximum absolute atomic E-state index is 5.49. The molecule has 2 aliphatic rings. The summed E-state index contributed by atoms with van der Waals surface area (Å²) in [7, 11) is 0. The average molecular weight is 675 g/mol. The molecule has 0 atom stereocenters. The summed E-state index contributed by atoms with van der Waals surface area (Å²) in [5.41, 5.74) is 15.4. The SMILES string of the molecule is c1ccc(-c2nc(-c3ccccc3)nc(-c3cccc(-c4nc5ccccc5c5c4-c4ccccc4C54c5ccccc5-c5ccccc54)c3)n2)cc1. The van der Waals surface area contributed by atoms with Crippen LogP contribution in [0.15, 0.2) is 182 Å². The lowest BCUT2D eigenvalue weighted by molar-refractivity contribution is 0.801. The molecule has 0 unspecified atom stereocenters. The van der Waals surface area contributed by atoms with Gasteiger partial charge in [0.1, 0.15) is 0 Å². The molecule has 7 aromatic carbocycles. The molecule has 0 saturated heterocycles. The van der Waals surface area contributed by atoms with Gasteiger partial charge >= 0.3 is 0 Å². The molecule has 11 rings (SSSR count). The lowest BCUT2D eigenvalue weighted by atomic mass is 9.69.